The lowest BCUT2D eigenvalue weighted by Crippen LogP contribution is -2.37. The van der Waals surface area contributed by atoms with E-state index in [1.807, 2.05) is 6.92 Å². The van der Waals surface area contributed by atoms with Crippen molar-refractivity contribution >= 4 is 50.8 Å². The van der Waals surface area contributed by atoms with E-state index in [4.69, 9.17) is 27.9 Å². The summed E-state index contributed by atoms with van der Waals surface area (Å²) in [4.78, 5) is 24.6. The van der Waals surface area contributed by atoms with Gasteiger partial charge in [0.2, 0.25) is 15.9 Å². The van der Waals surface area contributed by atoms with Gasteiger partial charge in [-0.15, -0.1) is 0 Å². The van der Waals surface area contributed by atoms with E-state index in [-0.39, 0.29) is 23.8 Å². The number of sulfonamides is 1. The summed E-state index contributed by atoms with van der Waals surface area (Å²) in [6, 6.07) is 17.8. The molecule has 190 valence electrons. The van der Waals surface area contributed by atoms with Crippen molar-refractivity contribution in [3.8, 4) is 0 Å². The number of hydrogen-bond donors (Lipinski definition) is 1. The number of anilines is 1. The van der Waals surface area contributed by atoms with Crippen molar-refractivity contribution in [2.24, 2.45) is 0 Å². The summed E-state index contributed by atoms with van der Waals surface area (Å²) in [7, 11) is -4.03. The monoisotopic (exact) mass is 548 g/mol. The standard InChI is InChI=1S/C26H26Cl2N2O5S/c1-3-35-26(32)14-19-6-10-22(11-7-19)29-25(31)17-30(16-20-8-9-21(27)15-24(20)28)36(33,34)23-12-4-18(2)5-13-23/h4-13,15H,3,14,16-17H2,1-2H3,(H,29,31). The Hall–Kier alpha value is -2.91. The fourth-order valence-electron chi connectivity index (χ4n) is 3.37. The van der Waals surface area contributed by atoms with Gasteiger partial charge >= 0.3 is 5.97 Å². The molecule has 36 heavy (non-hydrogen) atoms. The molecule has 0 saturated carbocycles. The fraction of sp³-hybridized carbons (Fsp3) is 0.231. The van der Waals surface area contributed by atoms with E-state index in [1.54, 1.807) is 55.5 Å². The molecule has 0 spiro atoms. The highest BCUT2D eigenvalue weighted by atomic mass is 35.5. The number of aryl methyl sites for hydroxylation is 1. The largest absolute Gasteiger partial charge is 0.466 e. The van der Waals surface area contributed by atoms with Crippen molar-refractivity contribution in [2.45, 2.75) is 31.7 Å². The van der Waals surface area contributed by atoms with Crippen LogP contribution in [0.4, 0.5) is 5.69 Å². The molecule has 0 bridgehead atoms. The minimum atomic E-state index is -4.03. The van der Waals surface area contributed by atoms with E-state index < -0.39 is 22.5 Å². The molecule has 10 heteroatoms. The number of nitrogens with one attached hydrogen (secondary N) is 1. The molecular weight excluding hydrogens is 523 g/mol. The molecule has 1 N–H and O–H groups in total. The van der Waals surface area contributed by atoms with Crippen LogP contribution in [-0.4, -0.2) is 37.8 Å². The molecule has 0 radical (unpaired) electrons. The van der Waals surface area contributed by atoms with Gasteiger partial charge in [0, 0.05) is 22.3 Å². The number of ether oxygens (including phenoxy) is 1. The van der Waals surface area contributed by atoms with Gasteiger partial charge in [0.25, 0.3) is 0 Å². The minimum Gasteiger partial charge on any atom is -0.466 e. The molecule has 0 aliphatic heterocycles. The van der Waals surface area contributed by atoms with Crippen molar-refractivity contribution < 1.29 is 22.7 Å². The number of nitrogens with zero attached hydrogens (tertiary/aromatic N) is 1. The van der Waals surface area contributed by atoms with Gasteiger partial charge in [-0.25, -0.2) is 8.42 Å². The Labute approximate surface area is 221 Å². The van der Waals surface area contributed by atoms with E-state index in [1.165, 1.54) is 18.2 Å². The zero-order valence-electron chi connectivity index (χ0n) is 19.8. The van der Waals surface area contributed by atoms with E-state index in [0.29, 0.717) is 27.9 Å². The van der Waals surface area contributed by atoms with Crippen LogP contribution in [-0.2, 0) is 37.3 Å². The van der Waals surface area contributed by atoms with Gasteiger partial charge in [0.05, 0.1) is 24.5 Å². The number of amides is 1. The first-order valence-corrected chi connectivity index (χ1v) is 13.3. The van der Waals surface area contributed by atoms with E-state index in [9.17, 15) is 18.0 Å². The number of esters is 1. The first-order valence-electron chi connectivity index (χ1n) is 11.1. The fourth-order valence-corrected chi connectivity index (χ4v) is 5.21. The highest BCUT2D eigenvalue weighted by molar-refractivity contribution is 7.89. The zero-order chi connectivity index (χ0) is 26.3. The Morgan fingerprint density at radius 1 is 0.972 bits per heavy atom. The third-order valence-electron chi connectivity index (χ3n) is 5.23. The summed E-state index contributed by atoms with van der Waals surface area (Å²) in [5.74, 6) is -0.874. The third kappa shape index (κ3) is 7.54. The Morgan fingerprint density at radius 2 is 1.64 bits per heavy atom. The summed E-state index contributed by atoms with van der Waals surface area (Å²) in [5, 5.41) is 3.42. The maximum atomic E-state index is 13.4. The molecule has 0 fully saturated rings. The molecule has 3 aromatic carbocycles. The number of hydrogen-bond acceptors (Lipinski definition) is 5. The van der Waals surface area contributed by atoms with Crippen molar-refractivity contribution in [3.63, 3.8) is 0 Å². The summed E-state index contributed by atoms with van der Waals surface area (Å²) in [5.41, 5.74) is 2.61. The first-order chi connectivity index (χ1) is 17.1. The number of halogens is 2. The smallest absolute Gasteiger partial charge is 0.310 e. The normalized spacial score (nSPS) is 11.4. The summed E-state index contributed by atoms with van der Waals surface area (Å²) < 4.78 is 32.9. The maximum absolute atomic E-state index is 13.4. The summed E-state index contributed by atoms with van der Waals surface area (Å²) in [6.07, 6.45) is 0.118. The number of carbonyl (C=O) groups is 2. The minimum absolute atomic E-state index is 0.0642. The first kappa shape index (κ1) is 27.7. The van der Waals surface area contributed by atoms with Crippen LogP contribution >= 0.6 is 23.2 Å². The van der Waals surface area contributed by atoms with Crippen molar-refractivity contribution in [2.75, 3.05) is 18.5 Å². The average Bonchev–Trinajstić information content (AvgIpc) is 2.82. The van der Waals surface area contributed by atoms with E-state index >= 15 is 0 Å². The highest BCUT2D eigenvalue weighted by Gasteiger charge is 2.27. The SMILES string of the molecule is CCOC(=O)Cc1ccc(NC(=O)CN(Cc2ccc(Cl)cc2Cl)S(=O)(=O)c2ccc(C)cc2)cc1. The molecule has 7 nitrogen and oxygen atoms in total. The molecular formula is C26H26Cl2N2O5S. The third-order valence-corrected chi connectivity index (χ3v) is 7.62. The van der Waals surface area contributed by atoms with Gasteiger partial charge in [0.1, 0.15) is 0 Å². The van der Waals surface area contributed by atoms with Crippen molar-refractivity contribution in [3.05, 3.63) is 93.5 Å². The lowest BCUT2D eigenvalue weighted by molar-refractivity contribution is -0.142. The summed E-state index contributed by atoms with van der Waals surface area (Å²) in [6.45, 7) is 3.32. The maximum Gasteiger partial charge on any atom is 0.310 e. The van der Waals surface area contributed by atoms with Crippen molar-refractivity contribution in [1.29, 1.82) is 0 Å². The zero-order valence-corrected chi connectivity index (χ0v) is 22.2. The van der Waals surface area contributed by atoms with E-state index in [2.05, 4.69) is 5.32 Å². The predicted octanol–water partition coefficient (Wildman–Crippen LogP) is 5.24. The second-order valence-corrected chi connectivity index (χ2v) is 10.8. The Bertz CT molecular complexity index is 1330. The molecule has 0 aromatic heterocycles. The van der Waals surface area contributed by atoms with Gasteiger partial charge in [-0.1, -0.05) is 59.1 Å². The van der Waals surface area contributed by atoms with Gasteiger partial charge in [-0.05, 0) is 61.4 Å². The predicted molar refractivity (Wildman–Crippen MR) is 141 cm³/mol. The molecule has 0 heterocycles. The lowest BCUT2D eigenvalue weighted by Gasteiger charge is -2.22. The second-order valence-electron chi connectivity index (χ2n) is 8.05. The van der Waals surface area contributed by atoms with Crippen LogP contribution in [0.25, 0.3) is 0 Å². The molecule has 0 atom stereocenters. The van der Waals surface area contributed by atoms with Crippen LogP contribution in [0.1, 0.15) is 23.6 Å². The molecule has 1 amide bonds. The Kier molecular flexibility index (Phi) is 9.50. The van der Waals surface area contributed by atoms with Crippen LogP contribution in [0.3, 0.4) is 0 Å². The van der Waals surface area contributed by atoms with Crippen LogP contribution in [0.15, 0.2) is 71.6 Å². The van der Waals surface area contributed by atoms with Gasteiger partial charge < -0.3 is 10.1 Å². The van der Waals surface area contributed by atoms with Crippen LogP contribution in [0.5, 0.6) is 0 Å². The van der Waals surface area contributed by atoms with Crippen LogP contribution < -0.4 is 5.32 Å². The lowest BCUT2D eigenvalue weighted by atomic mass is 10.1. The molecule has 0 unspecified atom stereocenters. The molecule has 0 saturated heterocycles. The van der Waals surface area contributed by atoms with Gasteiger partial charge in [-0.2, -0.15) is 4.31 Å². The molecule has 0 aliphatic carbocycles. The van der Waals surface area contributed by atoms with E-state index in [0.717, 1.165) is 15.4 Å². The van der Waals surface area contributed by atoms with Crippen LogP contribution in [0, 0.1) is 6.92 Å². The highest BCUT2D eigenvalue weighted by Crippen LogP contribution is 2.25. The summed E-state index contributed by atoms with van der Waals surface area (Å²) >= 11 is 12.3. The number of rotatable bonds is 10. The molecule has 3 aromatic rings. The number of benzene rings is 3. The van der Waals surface area contributed by atoms with Crippen molar-refractivity contribution in [1.82, 2.24) is 4.31 Å². The Morgan fingerprint density at radius 3 is 2.25 bits per heavy atom. The Balaban J connectivity index is 1.80. The van der Waals surface area contributed by atoms with Crippen LogP contribution in [0.2, 0.25) is 10.0 Å². The number of carbonyl (C=O) groups excluding carboxylic acids is 2. The topological polar surface area (TPSA) is 92.8 Å². The molecule has 3 rings (SSSR count). The molecule has 0 aliphatic rings. The van der Waals surface area contributed by atoms with Gasteiger partial charge in [-0.3, -0.25) is 9.59 Å². The quantitative estimate of drug-likeness (QED) is 0.350. The van der Waals surface area contributed by atoms with Gasteiger partial charge in [0.15, 0.2) is 0 Å². The average molecular weight is 549 g/mol. The second kappa shape index (κ2) is 12.4.